The average molecular weight is 268 g/mol. The maximum Gasteiger partial charge on any atom is 0.324 e. The van der Waals surface area contributed by atoms with Crippen LogP contribution in [0.15, 0.2) is 12.1 Å². The lowest BCUT2D eigenvalue weighted by molar-refractivity contribution is -0.380. The summed E-state index contributed by atoms with van der Waals surface area (Å²) < 4.78 is 0. The van der Waals surface area contributed by atoms with Crippen molar-refractivity contribution in [3.05, 3.63) is 27.1 Å². The molecule has 0 amide bonds. The summed E-state index contributed by atoms with van der Waals surface area (Å²) in [6.07, 6.45) is 1.14. The van der Waals surface area contributed by atoms with Gasteiger partial charge in [-0.15, -0.1) is 0 Å². The molecule has 2 rings (SSSR count). The summed E-state index contributed by atoms with van der Waals surface area (Å²) >= 11 is 1.33. The molecular weight excluding hydrogens is 248 g/mol. The number of hydrogen-bond donors (Lipinski definition) is 1. The molecule has 1 saturated carbocycles. The summed E-state index contributed by atoms with van der Waals surface area (Å²) in [5.41, 5.74) is 0.263. The van der Waals surface area contributed by atoms with Crippen molar-refractivity contribution in [3.63, 3.8) is 0 Å². The van der Waals surface area contributed by atoms with Crippen molar-refractivity contribution in [3.8, 4) is 0 Å². The summed E-state index contributed by atoms with van der Waals surface area (Å²) in [5, 5.41) is 14.4. The van der Waals surface area contributed by atoms with Gasteiger partial charge < -0.3 is 5.32 Å². The third-order valence-corrected chi connectivity index (χ3v) is 5.06. The standard InChI is InChI=1S/C13H20N2O2S/c1-4-7-14-8-9-12(13(9,2)3)10-5-6-11(18-10)15(16)17/h5-6,9,12,14H,4,7-8H2,1-3H3. The number of nitro groups is 1. The monoisotopic (exact) mass is 268 g/mol. The SMILES string of the molecule is CCCNCC1C(c2ccc([N+](=O)[O-])s2)C1(C)C. The maximum absolute atomic E-state index is 10.7. The van der Waals surface area contributed by atoms with Crippen molar-refractivity contribution in [1.29, 1.82) is 0 Å². The molecule has 0 saturated heterocycles. The van der Waals surface area contributed by atoms with Crippen LogP contribution in [-0.4, -0.2) is 18.0 Å². The molecule has 1 aliphatic carbocycles. The van der Waals surface area contributed by atoms with Crippen LogP contribution in [0.1, 0.15) is 38.0 Å². The first kappa shape index (κ1) is 13.5. The number of nitrogens with zero attached hydrogens (tertiary/aromatic N) is 1. The Bertz CT molecular complexity index is 442. The quantitative estimate of drug-likeness (QED) is 0.489. The first-order valence-electron chi connectivity index (χ1n) is 6.43. The number of hydrogen-bond acceptors (Lipinski definition) is 4. The van der Waals surface area contributed by atoms with E-state index in [1.54, 1.807) is 6.07 Å². The van der Waals surface area contributed by atoms with E-state index in [-0.39, 0.29) is 15.3 Å². The fraction of sp³-hybridized carbons (Fsp3) is 0.692. The van der Waals surface area contributed by atoms with Crippen molar-refractivity contribution in [2.75, 3.05) is 13.1 Å². The van der Waals surface area contributed by atoms with Crippen molar-refractivity contribution in [1.82, 2.24) is 5.32 Å². The fourth-order valence-electron chi connectivity index (χ4n) is 2.73. The van der Waals surface area contributed by atoms with Crippen LogP contribution in [0.2, 0.25) is 0 Å². The first-order chi connectivity index (χ1) is 8.48. The zero-order valence-corrected chi connectivity index (χ0v) is 11.9. The summed E-state index contributed by atoms with van der Waals surface area (Å²) in [6, 6.07) is 3.56. The Morgan fingerprint density at radius 2 is 2.22 bits per heavy atom. The molecule has 18 heavy (non-hydrogen) atoms. The molecule has 0 bridgehead atoms. The molecule has 4 nitrogen and oxygen atoms in total. The molecule has 1 aliphatic rings. The average Bonchev–Trinajstić information content (AvgIpc) is 2.68. The molecule has 1 N–H and O–H groups in total. The zero-order valence-electron chi connectivity index (χ0n) is 11.1. The lowest BCUT2D eigenvalue weighted by Gasteiger charge is -2.03. The summed E-state index contributed by atoms with van der Waals surface area (Å²) in [7, 11) is 0. The molecular formula is C13H20N2O2S. The van der Waals surface area contributed by atoms with Gasteiger partial charge in [0.05, 0.1) is 4.92 Å². The number of thiophene rings is 1. The molecule has 0 aromatic carbocycles. The second-order valence-corrected chi connectivity index (χ2v) is 6.64. The van der Waals surface area contributed by atoms with Gasteiger partial charge in [0.25, 0.3) is 0 Å². The molecule has 0 spiro atoms. The molecule has 5 heteroatoms. The van der Waals surface area contributed by atoms with E-state index >= 15 is 0 Å². The lowest BCUT2D eigenvalue weighted by Crippen LogP contribution is -2.19. The Morgan fingerprint density at radius 1 is 1.50 bits per heavy atom. The molecule has 0 aliphatic heterocycles. The van der Waals surface area contributed by atoms with Gasteiger partial charge in [0.1, 0.15) is 0 Å². The second-order valence-electron chi connectivity index (χ2n) is 5.54. The minimum absolute atomic E-state index is 0.257. The minimum atomic E-state index is -0.298. The van der Waals surface area contributed by atoms with Crippen LogP contribution in [0.5, 0.6) is 0 Å². The normalized spacial score (nSPS) is 25.1. The number of rotatable bonds is 6. The summed E-state index contributed by atoms with van der Waals surface area (Å²) in [6.45, 7) is 8.72. The Kier molecular flexibility index (Phi) is 3.73. The molecule has 2 atom stereocenters. The van der Waals surface area contributed by atoms with Crippen LogP contribution in [0, 0.1) is 21.4 Å². The Balaban J connectivity index is 2.02. The second kappa shape index (κ2) is 4.97. The van der Waals surface area contributed by atoms with Crippen molar-refractivity contribution in [2.24, 2.45) is 11.3 Å². The van der Waals surface area contributed by atoms with Gasteiger partial charge in [0, 0.05) is 16.9 Å². The largest absolute Gasteiger partial charge is 0.324 e. The molecule has 0 radical (unpaired) electrons. The third-order valence-electron chi connectivity index (χ3n) is 3.94. The van der Waals surface area contributed by atoms with Gasteiger partial charge in [-0.3, -0.25) is 10.1 Å². The van der Waals surface area contributed by atoms with E-state index in [0.29, 0.717) is 11.8 Å². The van der Waals surface area contributed by atoms with E-state index < -0.39 is 0 Å². The molecule has 1 fully saturated rings. The first-order valence-corrected chi connectivity index (χ1v) is 7.25. The minimum Gasteiger partial charge on any atom is -0.316 e. The molecule has 100 valence electrons. The van der Waals surface area contributed by atoms with Crippen LogP contribution < -0.4 is 5.32 Å². The van der Waals surface area contributed by atoms with Crippen LogP contribution in [0.4, 0.5) is 5.00 Å². The molecule has 1 heterocycles. The topological polar surface area (TPSA) is 55.2 Å². The summed E-state index contributed by atoms with van der Waals surface area (Å²) in [4.78, 5) is 11.6. The van der Waals surface area contributed by atoms with Crippen molar-refractivity contribution >= 4 is 16.3 Å². The van der Waals surface area contributed by atoms with Gasteiger partial charge in [-0.05, 0) is 36.9 Å². The predicted molar refractivity (Wildman–Crippen MR) is 74.1 cm³/mol. The fourth-order valence-corrected chi connectivity index (χ4v) is 3.91. The molecule has 1 aromatic rings. The zero-order chi connectivity index (χ0) is 13.3. The lowest BCUT2D eigenvalue weighted by atomic mass is 10.1. The van der Waals surface area contributed by atoms with E-state index in [2.05, 4.69) is 26.1 Å². The van der Waals surface area contributed by atoms with Gasteiger partial charge in [-0.1, -0.05) is 32.1 Å². The Hall–Kier alpha value is -0.940. The van der Waals surface area contributed by atoms with E-state index in [1.807, 2.05) is 6.07 Å². The highest BCUT2D eigenvalue weighted by atomic mass is 32.1. The third kappa shape index (κ3) is 2.42. The van der Waals surface area contributed by atoms with Gasteiger partial charge >= 0.3 is 5.00 Å². The molecule has 1 aromatic heterocycles. The summed E-state index contributed by atoms with van der Waals surface area (Å²) in [5.74, 6) is 1.07. The van der Waals surface area contributed by atoms with Gasteiger partial charge in [-0.25, -0.2) is 0 Å². The van der Waals surface area contributed by atoms with E-state index in [9.17, 15) is 10.1 Å². The Labute approximate surface area is 112 Å². The van der Waals surface area contributed by atoms with Crippen LogP contribution in [0.25, 0.3) is 0 Å². The predicted octanol–water partition coefficient (Wildman–Crippen LogP) is 3.40. The Morgan fingerprint density at radius 3 is 2.78 bits per heavy atom. The van der Waals surface area contributed by atoms with E-state index in [4.69, 9.17) is 0 Å². The van der Waals surface area contributed by atoms with E-state index in [1.165, 1.54) is 11.3 Å². The van der Waals surface area contributed by atoms with Gasteiger partial charge in [0.2, 0.25) is 0 Å². The number of nitrogens with one attached hydrogen (secondary N) is 1. The van der Waals surface area contributed by atoms with Gasteiger partial charge in [-0.2, -0.15) is 0 Å². The van der Waals surface area contributed by atoms with Crippen LogP contribution in [-0.2, 0) is 0 Å². The smallest absolute Gasteiger partial charge is 0.316 e. The highest BCUT2D eigenvalue weighted by molar-refractivity contribution is 7.15. The molecule has 2 unspecified atom stereocenters. The highest BCUT2D eigenvalue weighted by Crippen LogP contribution is 2.65. The van der Waals surface area contributed by atoms with Crippen molar-refractivity contribution < 1.29 is 4.92 Å². The highest BCUT2D eigenvalue weighted by Gasteiger charge is 2.58. The maximum atomic E-state index is 10.7. The van der Waals surface area contributed by atoms with E-state index in [0.717, 1.165) is 24.4 Å². The van der Waals surface area contributed by atoms with Crippen molar-refractivity contribution in [2.45, 2.75) is 33.1 Å². The van der Waals surface area contributed by atoms with Crippen LogP contribution in [0.3, 0.4) is 0 Å². The van der Waals surface area contributed by atoms with Gasteiger partial charge in [0.15, 0.2) is 0 Å². The van der Waals surface area contributed by atoms with Crippen LogP contribution >= 0.6 is 11.3 Å².